The van der Waals surface area contributed by atoms with Crippen LogP contribution < -0.4 is 5.32 Å². The van der Waals surface area contributed by atoms with E-state index in [1.54, 1.807) is 0 Å². The molecule has 0 heterocycles. The highest BCUT2D eigenvalue weighted by atomic mass is 19.3. The van der Waals surface area contributed by atoms with Crippen LogP contribution in [0.2, 0.25) is 0 Å². The Kier molecular flexibility index (Phi) is 4.68. The molecule has 0 aromatic carbocycles. The van der Waals surface area contributed by atoms with E-state index in [0.717, 1.165) is 0 Å². The van der Waals surface area contributed by atoms with Gasteiger partial charge in [0.05, 0.1) is 6.54 Å². The lowest BCUT2D eigenvalue weighted by Gasteiger charge is -2.27. The second kappa shape index (κ2) is 4.75. The molecule has 1 N–H and O–H groups in total. The molecule has 0 aliphatic carbocycles. The van der Waals surface area contributed by atoms with Gasteiger partial charge in [0.25, 0.3) is 6.43 Å². The molecule has 0 spiro atoms. The number of hydrogen-bond acceptors (Lipinski definition) is 1. The standard InChI is InChI=1S/C9H19F2N/c1-7(9(2,3)4)5-12-6-8(10)11/h7-8,12H,5-6H2,1-4H3. The van der Waals surface area contributed by atoms with E-state index >= 15 is 0 Å². The van der Waals surface area contributed by atoms with Crippen molar-refractivity contribution in [3.8, 4) is 0 Å². The van der Waals surface area contributed by atoms with Gasteiger partial charge in [-0.25, -0.2) is 8.78 Å². The molecule has 0 amide bonds. The van der Waals surface area contributed by atoms with Crippen molar-refractivity contribution in [2.24, 2.45) is 11.3 Å². The van der Waals surface area contributed by atoms with Crippen molar-refractivity contribution in [2.75, 3.05) is 13.1 Å². The molecule has 12 heavy (non-hydrogen) atoms. The van der Waals surface area contributed by atoms with Gasteiger partial charge in [0.15, 0.2) is 0 Å². The molecule has 0 fully saturated rings. The summed E-state index contributed by atoms with van der Waals surface area (Å²) in [5.74, 6) is 0.413. The smallest absolute Gasteiger partial charge is 0.250 e. The minimum atomic E-state index is -2.24. The molecular weight excluding hydrogens is 160 g/mol. The largest absolute Gasteiger partial charge is 0.311 e. The van der Waals surface area contributed by atoms with Crippen LogP contribution in [0.1, 0.15) is 27.7 Å². The molecule has 0 rings (SSSR count). The van der Waals surface area contributed by atoms with Crippen LogP contribution in [0.4, 0.5) is 8.78 Å². The maximum atomic E-state index is 11.7. The molecule has 0 saturated carbocycles. The highest BCUT2D eigenvalue weighted by molar-refractivity contribution is 4.71. The minimum Gasteiger partial charge on any atom is -0.311 e. The number of hydrogen-bond donors (Lipinski definition) is 1. The summed E-state index contributed by atoms with van der Waals surface area (Å²) in [5, 5.41) is 2.74. The van der Waals surface area contributed by atoms with Gasteiger partial charge in [-0.15, -0.1) is 0 Å². The maximum Gasteiger partial charge on any atom is 0.250 e. The van der Waals surface area contributed by atoms with Crippen LogP contribution in [0.25, 0.3) is 0 Å². The van der Waals surface area contributed by atoms with Crippen LogP contribution in [0.3, 0.4) is 0 Å². The van der Waals surface area contributed by atoms with Crippen LogP contribution in [0, 0.1) is 11.3 Å². The summed E-state index contributed by atoms with van der Waals surface area (Å²) in [7, 11) is 0. The first-order valence-electron chi connectivity index (χ1n) is 4.33. The first-order valence-corrected chi connectivity index (χ1v) is 4.33. The van der Waals surface area contributed by atoms with Crippen LogP contribution in [-0.2, 0) is 0 Å². The molecule has 0 aromatic rings. The molecule has 1 unspecified atom stereocenters. The molecule has 1 nitrogen and oxygen atoms in total. The fourth-order valence-electron chi connectivity index (χ4n) is 0.715. The molecule has 0 aromatic heterocycles. The third-order valence-electron chi connectivity index (χ3n) is 2.23. The summed E-state index contributed by atoms with van der Waals surface area (Å²) in [6.45, 7) is 8.87. The lowest BCUT2D eigenvalue weighted by molar-refractivity contribution is 0.139. The van der Waals surface area contributed by atoms with Gasteiger partial charge < -0.3 is 5.32 Å². The van der Waals surface area contributed by atoms with Gasteiger partial charge in [-0.3, -0.25) is 0 Å². The molecule has 0 saturated heterocycles. The Labute approximate surface area is 73.5 Å². The van der Waals surface area contributed by atoms with Gasteiger partial charge in [0.1, 0.15) is 0 Å². The van der Waals surface area contributed by atoms with Gasteiger partial charge in [-0.1, -0.05) is 27.7 Å². The predicted molar refractivity (Wildman–Crippen MR) is 47.5 cm³/mol. The van der Waals surface area contributed by atoms with E-state index in [4.69, 9.17) is 0 Å². The Hall–Kier alpha value is -0.180. The second-order valence-corrected chi connectivity index (χ2v) is 4.32. The van der Waals surface area contributed by atoms with Crippen LogP contribution in [-0.4, -0.2) is 19.5 Å². The number of halogens is 2. The normalized spacial score (nSPS) is 15.2. The molecule has 74 valence electrons. The monoisotopic (exact) mass is 179 g/mol. The molecule has 0 radical (unpaired) electrons. The van der Waals surface area contributed by atoms with Crippen LogP contribution >= 0.6 is 0 Å². The number of rotatable bonds is 4. The molecule has 1 atom stereocenters. The zero-order chi connectivity index (χ0) is 9.78. The van der Waals surface area contributed by atoms with Crippen molar-refractivity contribution in [2.45, 2.75) is 34.1 Å². The maximum absolute atomic E-state index is 11.7. The third-order valence-corrected chi connectivity index (χ3v) is 2.23. The van der Waals surface area contributed by atoms with Crippen LogP contribution in [0.5, 0.6) is 0 Å². The van der Waals surface area contributed by atoms with Gasteiger partial charge in [-0.2, -0.15) is 0 Å². The van der Waals surface area contributed by atoms with Crippen molar-refractivity contribution in [3.05, 3.63) is 0 Å². The lowest BCUT2D eigenvalue weighted by Crippen LogP contribution is -2.32. The molecule has 3 heteroatoms. The Bertz CT molecular complexity index is 118. The Balaban J connectivity index is 3.51. The van der Waals surface area contributed by atoms with Crippen molar-refractivity contribution >= 4 is 0 Å². The molecule has 0 aliphatic rings. The highest BCUT2D eigenvalue weighted by Crippen LogP contribution is 2.24. The fraction of sp³-hybridized carbons (Fsp3) is 1.00. The summed E-state index contributed by atoms with van der Waals surface area (Å²) in [6, 6.07) is 0. The zero-order valence-electron chi connectivity index (χ0n) is 8.32. The molecular formula is C9H19F2N. The van der Waals surface area contributed by atoms with E-state index in [2.05, 4.69) is 33.0 Å². The highest BCUT2D eigenvalue weighted by Gasteiger charge is 2.19. The first-order chi connectivity index (χ1) is 5.34. The molecule has 0 aliphatic heterocycles. The summed E-state index contributed by atoms with van der Waals surface area (Å²) < 4.78 is 23.4. The summed E-state index contributed by atoms with van der Waals surface area (Å²) in [4.78, 5) is 0. The quantitative estimate of drug-likeness (QED) is 0.699. The fourth-order valence-corrected chi connectivity index (χ4v) is 0.715. The topological polar surface area (TPSA) is 12.0 Å². The van der Waals surface area contributed by atoms with Gasteiger partial charge in [0.2, 0.25) is 0 Å². The van der Waals surface area contributed by atoms with Gasteiger partial charge >= 0.3 is 0 Å². The summed E-state index contributed by atoms with van der Waals surface area (Å²) in [6.07, 6.45) is -2.24. The summed E-state index contributed by atoms with van der Waals surface area (Å²) in [5.41, 5.74) is 0.190. The first kappa shape index (κ1) is 11.8. The Morgan fingerprint density at radius 1 is 1.17 bits per heavy atom. The van der Waals surface area contributed by atoms with E-state index < -0.39 is 6.43 Å². The van der Waals surface area contributed by atoms with Crippen molar-refractivity contribution in [1.82, 2.24) is 5.32 Å². The van der Waals surface area contributed by atoms with Gasteiger partial charge in [-0.05, 0) is 17.9 Å². The second-order valence-electron chi connectivity index (χ2n) is 4.32. The van der Waals surface area contributed by atoms with E-state index in [1.807, 2.05) is 0 Å². The van der Waals surface area contributed by atoms with E-state index in [9.17, 15) is 8.78 Å². The minimum absolute atomic E-state index is 0.190. The number of alkyl halides is 2. The average molecular weight is 179 g/mol. The van der Waals surface area contributed by atoms with Gasteiger partial charge in [0, 0.05) is 0 Å². The molecule has 0 bridgehead atoms. The van der Waals surface area contributed by atoms with Crippen LogP contribution in [0.15, 0.2) is 0 Å². The lowest BCUT2D eigenvalue weighted by atomic mass is 9.82. The number of nitrogens with one attached hydrogen (secondary N) is 1. The Morgan fingerprint density at radius 3 is 2.00 bits per heavy atom. The van der Waals surface area contributed by atoms with Crippen molar-refractivity contribution in [1.29, 1.82) is 0 Å². The summed E-state index contributed by atoms with van der Waals surface area (Å²) >= 11 is 0. The third kappa shape index (κ3) is 5.47. The zero-order valence-corrected chi connectivity index (χ0v) is 8.32. The predicted octanol–water partition coefficient (Wildman–Crippen LogP) is 2.52. The average Bonchev–Trinajstić information content (AvgIpc) is 1.84. The van der Waals surface area contributed by atoms with E-state index in [1.165, 1.54) is 0 Å². The van der Waals surface area contributed by atoms with Crippen molar-refractivity contribution in [3.63, 3.8) is 0 Å². The Morgan fingerprint density at radius 2 is 1.67 bits per heavy atom. The van der Waals surface area contributed by atoms with E-state index in [-0.39, 0.29) is 12.0 Å². The SMILES string of the molecule is CC(CNCC(F)F)C(C)(C)C. The van der Waals surface area contributed by atoms with E-state index in [0.29, 0.717) is 12.5 Å². The van der Waals surface area contributed by atoms with Crippen molar-refractivity contribution < 1.29 is 8.78 Å².